The van der Waals surface area contributed by atoms with E-state index in [4.69, 9.17) is 0 Å². The number of hydrogen-bond acceptors (Lipinski definition) is 6. The average molecular weight is 268 g/mol. The SMILES string of the molecule is OCc1nc(N2CCCC2)c(CO)c(CO)c1CO. The highest BCUT2D eigenvalue weighted by molar-refractivity contribution is 5.55. The highest BCUT2D eigenvalue weighted by Crippen LogP contribution is 2.29. The summed E-state index contributed by atoms with van der Waals surface area (Å²) in [6, 6.07) is 0. The highest BCUT2D eigenvalue weighted by atomic mass is 16.3. The zero-order chi connectivity index (χ0) is 13.8. The van der Waals surface area contributed by atoms with Crippen LogP contribution in [0.1, 0.15) is 35.2 Å². The molecule has 0 radical (unpaired) electrons. The largest absolute Gasteiger partial charge is 0.392 e. The normalized spacial score (nSPS) is 15.3. The second-order valence-corrected chi connectivity index (χ2v) is 4.64. The summed E-state index contributed by atoms with van der Waals surface area (Å²) < 4.78 is 0. The van der Waals surface area contributed by atoms with Crippen LogP contribution >= 0.6 is 0 Å². The molecule has 0 atom stereocenters. The van der Waals surface area contributed by atoms with Gasteiger partial charge in [0, 0.05) is 24.2 Å². The van der Waals surface area contributed by atoms with E-state index >= 15 is 0 Å². The van der Waals surface area contributed by atoms with E-state index in [1.54, 1.807) is 0 Å². The van der Waals surface area contributed by atoms with Gasteiger partial charge in [-0.25, -0.2) is 4.98 Å². The maximum Gasteiger partial charge on any atom is 0.134 e. The highest BCUT2D eigenvalue weighted by Gasteiger charge is 2.23. The lowest BCUT2D eigenvalue weighted by Gasteiger charge is -2.24. The molecule has 1 aromatic rings. The number of nitrogens with zero attached hydrogens (tertiary/aromatic N) is 2. The van der Waals surface area contributed by atoms with E-state index < -0.39 is 0 Å². The zero-order valence-corrected chi connectivity index (χ0v) is 10.8. The molecule has 6 nitrogen and oxygen atoms in total. The minimum atomic E-state index is -0.313. The van der Waals surface area contributed by atoms with Gasteiger partial charge in [0.05, 0.1) is 32.1 Å². The first-order chi connectivity index (χ1) is 9.26. The molecule has 4 N–H and O–H groups in total. The number of anilines is 1. The summed E-state index contributed by atoms with van der Waals surface area (Å²) in [6.45, 7) is 0.569. The van der Waals surface area contributed by atoms with Crippen LogP contribution in [0.3, 0.4) is 0 Å². The summed E-state index contributed by atoms with van der Waals surface area (Å²) in [7, 11) is 0. The van der Waals surface area contributed by atoms with Gasteiger partial charge in [0.25, 0.3) is 0 Å². The predicted molar refractivity (Wildman–Crippen MR) is 69.4 cm³/mol. The van der Waals surface area contributed by atoms with Crippen molar-refractivity contribution in [2.45, 2.75) is 39.3 Å². The summed E-state index contributed by atoms with van der Waals surface area (Å²) >= 11 is 0. The lowest BCUT2D eigenvalue weighted by Crippen LogP contribution is -2.23. The van der Waals surface area contributed by atoms with Crippen LogP contribution in [-0.2, 0) is 26.4 Å². The first kappa shape index (κ1) is 14.2. The molecule has 1 aliphatic heterocycles. The predicted octanol–water partition coefficient (Wildman–Crippen LogP) is -0.349. The molecule has 1 fully saturated rings. The number of hydrogen-bond donors (Lipinski definition) is 4. The number of aliphatic hydroxyl groups excluding tert-OH is 4. The van der Waals surface area contributed by atoms with Gasteiger partial charge in [-0.2, -0.15) is 0 Å². The van der Waals surface area contributed by atoms with Gasteiger partial charge in [-0.15, -0.1) is 0 Å². The van der Waals surface area contributed by atoms with Crippen LogP contribution in [0.2, 0.25) is 0 Å². The first-order valence-electron chi connectivity index (χ1n) is 6.48. The molecule has 0 unspecified atom stereocenters. The fourth-order valence-corrected chi connectivity index (χ4v) is 2.62. The van der Waals surface area contributed by atoms with E-state index in [0.717, 1.165) is 25.9 Å². The Morgan fingerprint density at radius 1 is 0.789 bits per heavy atom. The Labute approximate surface area is 112 Å². The molecule has 0 aliphatic carbocycles. The minimum Gasteiger partial charge on any atom is -0.392 e. The third-order valence-electron chi connectivity index (χ3n) is 3.62. The standard InChI is InChI=1S/C13H20N2O4/c16-5-9-10(6-17)12(8-19)14-13(11(9)7-18)15-3-1-2-4-15/h16-19H,1-8H2. The number of aromatic nitrogens is 1. The van der Waals surface area contributed by atoms with Gasteiger partial charge in [-0.3, -0.25) is 0 Å². The monoisotopic (exact) mass is 268 g/mol. The maximum atomic E-state index is 9.55. The molecule has 1 saturated heterocycles. The zero-order valence-electron chi connectivity index (χ0n) is 10.8. The molecule has 19 heavy (non-hydrogen) atoms. The summed E-state index contributed by atoms with van der Waals surface area (Å²) in [5, 5.41) is 37.8. The Morgan fingerprint density at radius 3 is 1.84 bits per heavy atom. The molecule has 0 spiro atoms. The Hall–Kier alpha value is -1.21. The second-order valence-electron chi connectivity index (χ2n) is 4.64. The number of aliphatic hydroxyl groups is 4. The molecule has 0 bridgehead atoms. The van der Waals surface area contributed by atoms with Gasteiger partial charge in [0.2, 0.25) is 0 Å². The molecular weight excluding hydrogens is 248 g/mol. The van der Waals surface area contributed by atoms with Crippen LogP contribution in [0.5, 0.6) is 0 Å². The third kappa shape index (κ3) is 2.57. The van der Waals surface area contributed by atoms with Gasteiger partial charge in [0.15, 0.2) is 0 Å². The van der Waals surface area contributed by atoms with Crippen molar-refractivity contribution in [3.05, 3.63) is 22.4 Å². The van der Waals surface area contributed by atoms with Crippen molar-refractivity contribution < 1.29 is 20.4 Å². The summed E-state index contributed by atoms with van der Waals surface area (Å²) in [4.78, 5) is 6.41. The van der Waals surface area contributed by atoms with Crippen molar-refractivity contribution in [3.63, 3.8) is 0 Å². The Bertz CT molecular complexity index is 445. The maximum absolute atomic E-state index is 9.55. The molecule has 1 aromatic heterocycles. The number of pyridine rings is 1. The van der Waals surface area contributed by atoms with E-state index in [9.17, 15) is 20.4 Å². The average Bonchev–Trinajstić information content (AvgIpc) is 2.98. The van der Waals surface area contributed by atoms with Crippen LogP contribution in [0.15, 0.2) is 0 Å². The van der Waals surface area contributed by atoms with Crippen LogP contribution in [0, 0.1) is 0 Å². The first-order valence-corrected chi connectivity index (χ1v) is 6.48. The van der Waals surface area contributed by atoms with Gasteiger partial charge in [0.1, 0.15) is 5.82 Å². The van der Waals surface area contributed by atoms with Crippen molar-refractivity contribution in [1.82, 2.24) is 4.98 Å². The second kappa shape index (κ2) is 6.29. The molecule has 106 valence electrons. The van der Waals surface area contributed by atoms with Gasteiger partial charge in [-0.1, -0.05) is 0 Å². The fraction of sp³-hybridized carbons (Fsp3) is 0.615. The molecule has 2 rings (SSSR count). The summed E-state index contributed by atoms with van der Waals surface area (Å²) in [5.74, 6) is 0.616. The van der Waals surface area contributed by atoms with Crippen molar-refractivity contribution in [2.75, 3.05) is 18.0 Å². The van der Waals surface area contributed by atoms with Crippen LogP contribution in [0.25, 0.3) is 0 Å². The Kier molecular flexibility index (Phi) is 4.71. The summed E-state index contributed by atoms with van der Waals surface area (Å²) in [5.41, 5.74) is 1.80. The Balaban J connectivity index is 2.58. The Morgan fingerprint density at radius 2 is 1.37 bits per heavy atom. The number of rotatable bonds is 5. The van der Waals surface area contributed by atoms with Gasteiger partial charge < -0.3 is 25.3 Å². The van der Waals surface area contributed by atoms with Gasteiger partial charge >= 0.3 is 0 Å². The lowest BCUT2D eigenvalue weighted by molar-refractivity contribution is 0.237. The fourth-order valence-electron chi connectivity index (χ4n) is 2.62. The van der Waals surface area contributed by atoms with E-state index in [1.165, 1.54) is 0 Å². The molecule has 0 aromatic carbocycles. The van der Waals surface area contributed by atoms with Crippen molar-refractivity contribution in [2.24, 2.45) is 0 Å². The molecule has 2 heterocycles. The van der Waals surface area contributed by atoms with E-state index in [1.807, 2.05) is 4.90 Å². The van der Waals surface area contributed by atoms with Crippen molar-refractivity contribution >= 4 is 5.82 Å². The van der Waals surface area contributed by atoms with E-state index in [0.29, 0.717) is 28.2 Å². The van der Waals surface area contributed by atoms with Crippen molar-refractivity contribution in [1.29, 1.82) is 0 Å². The third-order valence-corrected chi connectivity index (χ3v) is 3.62. The summed E-state index contributed by atoms with van der Waals surface area (Å²) in [6.07, 6.45) is 2.13. The molecule has 0 amide bonds. The van der Waals surface area contributed by atoms with Crippen LogP contribution < -0.4 is 4.90 Å². The molecular formula is C13H20N2O4. The lowest BCUT2D eigenvalue weighted by atomic mass is 10.0. The van der Waals surface area contributed by atoms with Gasteiger partial charge in [-0.05, 0) is 18.4 Å². The quantitative estimate of drug-likeness (QED) is 0.583. The smallest absolute Gasteiger partial charge is 0.134 e. The topological polar surface area (TPSA) is 97.1 Å². The van der Waals surface area contributed by atoms with Crippen LogP contribution in [-0.4, -0.2) is 38.5 Å². The van der Waals surface area contributed by atoms with E-state index in [2.05, 4.69) is 4.98 Å². The molecule has 1 aliphatic rings. The molecule has 0 saturated carbocycles. The molecule has 6 heteroatoms. The van der Waals surface area contributed by atoms with Crippen molar-refractivity contribution in [3.8, 4) is 0 Å². The van der Waals surface area contributed by atoms with Crippen LogP contribution in [0.4, 0.5) is 5.82 Å². The minimum absolute atomic E-state index is 0.243. The van der Waals surface area contributed by atoms with E-state index in [-0.39, 0.29) is 26.4 Å².